The van der Waals surface area contributed by atoms with Crippen molar-refractivity contribution < 1.29 is 5.11 Å². The molecule has 1 aromatic heterocycles. The predicted octanol–water partition coefficient (Wildman–Crippen LogP) is 5.67. The smallest absolute Gasteiger partial charge is 0.113 e. The van der Waals surface area contributed by atoms with Crippen LogP contribution >= 0.6 is 27.3 Å². The molecule has 1 nitrogen and oxygen atoms in total. The quantitative estimate of drug-likeness (QED) is 0.623. The van der Waals surface area contributed by atoms with Gasteiger partial charge >= 0.3 is 0 Å². The van der Waals surface area contributed by atoms with Gasteiger partial charge in [0.05, 0.1) is 0 Å². The van der Waals surface area contributed by atoms with Crippen LogP contribution in [0, 0.1) is 20.8 Å². The van der Waals surface area contributed by atoms with Gasteiger partial charge in [-0.05, 0) is 61.0 Å². The summed E-state index contributed by atoms with van der Waals surface area (Å²) in [6, 6.07) is 12.7. The summed E-state index contributed by atoms with van der Waals surface area (Å²) in [5.41, 5.74) is 4.48. The van der Waals surface area contributed by atoms with Gasteiger partial charge in [0, 0.05) is 14.0 Å². The fourth-order valence-corrected chi connectivity index (χ4v) is 4.08. The molecule has 0 bridgehead atoms. The summed E-state index contributed by atoms with van der Waals surface area (Å²) in [6.07, 6.45) is -0.561. The monoisotopic (exact) mass is 360 g/mol. The average molecular weight is 361 g/mol. The lowest BCUT2D eigenvalue weighted by atomic mass is 9.99. The van der Waals surface area contributed by atoms with Crippen LogP contribution in [0.25, 0.3) is 10.1 Å². The highest BCUT2D eigenvalue weighted by atomic mass is 79.9. The van der Waals surface area contributed by atoms with Crippen molar-refractivity contribution in [3.8, 4) is 0 Å². The molecule has 1 N–H and O–H groups in total. The Morgan fingerprint density at radius 1 is 1.00 bits per heavy atom. The Balaban J connectivity index is 2.07. The number of halogens is 1. The van der Waals surface area contributed by atoms with Crippen molar-refractivity contribution in [2.45, 2.75) is 26.9 Å². The molecule has 3 aromatic rings. The number of aliphatic hydroxyl groups excluding tert-OH is 1. The molecule has 2 aromatic carbocycles. The summed E-state index contributed by atoms with van der Waals surface area (Å²) < 4.78 is 2.31. The molecule has 108 valence electrons. The van der Waals surface area contributed by atoms with Crippen LogP contribution in [-0.4, -0.2) is 5.11 Å². The van der Waals surface area contributed by atoms with E-state index in [1.165, 1.54) is 15.6 Å². The van der Waals surface area contributed by atoms with Gasteiger partial charge in [0.1, 0.15) is 6.10 Å². The number of aryl methyl sites for hydroxylation is 3. The second-order valence-electron chi connectivity index (χ2n) is 5.55. The maximum atomic E-state index is 10.8. The molecular weight excluding hydrogens is 344 g/mol. The van der Waals surface area contributed by atoms with Crippen LogP contribution in [0.5, 0.6) is 0 Å². The fraction of sp³-hybridized carbons (Fsp3) is 0.222. The summed E-state index contributed by atoms with van der Waals surface area (Å²) in [4.78, 5) is 1.00. The van der Waals surface area contributed by atoms with Gasteiger partial charge in [-0.3, -0.25) is 0 Å². The van der Waals surface area contributed by atoms with Gasteiger partial charge < -0.3 is 5.11 Å². The van der Waals surface area contributed by atoms with Crippen LogP contribution in [0.1, 0.15) is 33.2 Å². The Morgan fingerprint density at radius 2 is 1.76 bits per heavy atom. The minimum atomic E-state index is -0.561. The number of fused-ring (bicyclic) bond motifs is 1. The molecule has 0 saturated heterocycles. The van der Waals surface area contributed by atoms with Gasteiger partial charge in [-0.2, -0.15) is 0 Å². The molecule has 0 fully saturated rings. The van der Waals surface area contributed by atoms with Crippen LogP contribution in [-0.2, 0) is 0 Å². The summed E-state index contributed by atoms with van der Waals surface area (Å²) >= 11 is 5.21. The lowest BCUT2D eigenvalue weighted by molar-refractivity contribution is 0.223. The summed E-state index contributed by atoms with van der Waals surface area (Å²) in [7, 11) is 0. The summed E-state index contributed by atoms with van der Waals surface area (Å²) in [5.74, 6) is 0. The van der Waals surface area contributed by atoms with Gasteiger partial charge in [0.2, 0.25) is 0 Å². The van der Waals surface area contributed by atoms with Gasteiger partial charge in [0.15, 0.2) is 0 Å². The third-order valence-electron chi connectivity index (χ3n) is 3.80. The zero-order valence-corrected chi connectivity index (χ0v) is 14.7. The Bertz CT molecular complexity index is 819. The van der Waals surface area contributed by atoms with Gasteiger partial charge in [-0.1, -0.05) is 39.7 Å². The molecule has 0 radical (unpaired) electrons. The zero-order valence-electron chi connectivity index (χ0n) is 12.3. The molecule has 3 rings (SSSR count). The first kappa shape index (κ1) is 14.8. The Labute approximate surface area is 137 Å². The molecule has 3 heteroatoms. The van der Waals surface area contributed by atoms with Crippen molar-refractivity contribution in [1.82, 2.24) is 0 Å². The van der Waals surface area contributed by atoms with Gasteiger partial charge in [-0.25, -0.2) is 0 Å². The topological polar surface area (TPSA) is 20.2 Å². The largest absolute Gasteiger partial charge is 0.383 e. The van der Waals surface area contributed by atoms with E-state index >= 15 is 0 Å². The molecule has 1 heterocycles. The number of benzene rings is 2. The molecule has 0 aliphatic rings. The van der Waals surface area contributed by atoms with Crippen LogP contribution < -0.4 is 0 Å². The Kier molecular flexibility index (Phi) is 3.91. The fourth-order valence-electron chi connectivity index (χ4n) is 2.57. The Morgan fingerprint density at radius 3 is 2.52 bits per heavy atom. The molecule has 0 aliphatic heterocycles. The molecule has 0 saturated carbocycles. The van der Waals surface area contributed by atoms with E-state index in [0.717, 1.165) is 26.0 Å². The maximum Gasteiger partial charge on any atom is 0.113 e. The van der Waals surface area contributed by atoms with Crippen molar-refractivity contribution in [2.24, 2.45) is 0 Å². The van der Waals surface area contributed by atoms with Crippen LogP contribution in [0.4, 0.5) is 0 Å². The molecule has 0 amide bonds. The third kappa shape index (κ3) is 2.78. The van der Waals surface area contributed by atoms with Crippen molar-refractivity contribution in [3.63, 3.8) is 0 Å². The average Bonchev–Trinajstić information content (AvgIpc) is 2.85. The lowest BCUT2D eigenvalue weighted by Gasteiger charge is -2.14. The molecule has 0 aliphatic carbocycles. The van der Waals surface area contributed by atoms with Crippen molar-refractivity contribution >= 4 is 37.4 Å². The lowest BCUT2D eigenvalue weighted by Crippen LogP contribution is -2.00. The first-order chi connectivity index (χ1) is 9.95. The SMILES string of the molecule is Cc1ccc2sc(C(O)c3cc(C)c(Br)cc3C)cc2c1. The van der Waals surface area contributed by atoms with E-state index in [9.17, 15) is 5.11 Å². The van der Waals surface area contributed by atoms with E-state index in [4.69, 9.17) is 0 Å². The molecule has 21 heavy (non-hydrogen) atoms. The number of rotatable bonds is 2. The van der Waals surface area contributed by atoms with Crippen molar-refractivity contribution in [2.75, 3.05) is 0 Å². The third-order valence-corrected chi connectivity index (χ3v) is 5.83. The van der Waals surface area contributed by atoms with E-state index in [1.807, 2.05) is 13.8 Å². The minimum Gasteiger partial charge on any atom is -0.383 e. The highest BCUT2D eigenvalue weighted by Gasteiger charge is 2.17. The summed E-state index contributed by atoms with van der Waals surface area (Å²) in [6.45, 7) is 6.18. The van der Waals surface area contributed by atoms with Crippen molar-refractivity contribution in [1.29, 1.82) is 0 Å². The van der Waals surface area contributed by atoms with Crippen LogP contribution in [0.2, 0.25) is 0 Å². The predicted molar refractivity (Wildman–Crippen MR) is 94.2 cm³/mol. The normalized spacial score (nSPS) is 12.8. The zero-order chi connectivity index (χ0) is 15.1. The molecule has 1 unspecified atom stereocenters. The standard InChI is InChI=1S/C18H17BrOS/c1-10-4-5-16-13(6-10)9-17(21-16)18(20)14-7-12(3)15(19)8-11(14)2/h4-9,18,20H,1-3H3. The van der Waals surface area contributed by atoms with Gasteiger partial charge in [0.25, 0.3) is 0 Å². The second-order valence-corrected chi connectivity index (χ2v) is 7.52. The van der Waals surface area contributed by atoms with E-state index in [2.05, 4.69) is 59.3 Å². The van der Waals surface area contributed by atoms with E-state index in [-0.39, 0.29) is 0 Å². The number of aliphatic hydroxyl groups is 1. The highest BCUT2D eigenvalue weighted by Crippen LogP contribution is 2.36. The Hall–Kier alpha value is -1.16. The summed E-state index contributed by atoms with van der Waals surface area (Å²) in [5, 5.41) is 12.0. The van der Waals surface area contributed by atoms with E-state index in [1.54, 1.807) is 11.3 Å². The molecule has 0 spiro atoms. The first-order valence-corrected chi connectivity index (χ1v) is 8.51. The first-order valence-electron chi connectivity index (χ1n) is 6.90. The van der Waals surface area contributed by atoms with E-state index < -0.39 is 6.10 Å². The van der Waals surface area contributed by atoms with Crippen LogP contribution in [0.15, 0.2) is 40.9 Å². The van der Waals surface area contributed by atoms with Crippen LogP contribution in [0.3, 0.4) is 0 Å². The molecular formula is C18H17BrOS. The van der Waals surface area contributed by atoms with E-state index in [0.29, 0.717) is 0 Å². The maximum absolute atomic E-state index is 10.8. The number of hydrogen-bond donors (Lipinski definition) is 1. The molecule has 1 atom stereocenters. The van der Waals surface area contributed by atoms with Crippen molar-refractivity contribution in [3.05, 3.63) is 68.0 Å². The number of thiophene rings is 1. The van der Waals surface area contributed by atoms with Gasteiger partial charge in [-0.15, -0.1) is 11.3 Å². The highest BCUT2D eigenvalue weighted by molar-refractivity contribution is 9.10. The minimum absolute atomic E-state index is 0.561. The number of hydrogen-bond acceptors (Lipinski definition) is 2. The second kappa shape index (κ2) is 5.56.